The number of rotatable bonds is 3. The predicted molar refractivity (Wildman–Crippen MR) is 180 cm³/mol. The molecule has 12 atom stereocenters. The van der Waals surface area contributed by atoms with Gasteiger partial charge in [-0.25, -0.2) is 18.4 Å². The van der Waals surface area contributed by atoms with Crippen LogP contribution in [0.3, 0.4) is 0 Å². The molecule has 12 unspecified atom stereocenters. The first kappa shape index (κ1) is 35.3. The van der Waals surface area contributed by atoms with Crippen LogP contribution in [0.2, 0.25) is 0 Å². The van der Waals surface area contributed by atoms with Gasteiger partial charge in [-0.15, -0.1) is 0 Å². The summed E-state index contributed by atoms with van der Waals surface area (Å²) < 4.78 is 33.2. The van der Waals surface area contributed by atoms with Gasteiger partial charge in [0, 0.05) is 76.3 Å². The smallest absolute Gasteiger partial charge is 0.320 e. The van der Waals surface area contributed by atoms with Gasteiger partial charge >= 0.3 is 12.1 Å². The molecule has 6 aliphatic rings. The second-order valence-corrected chi connectivity index (χ2v) is 15.8. The van der Waals surface area contributed by atoms with E-state index in [0.29, 0.717) is 45.4 Å². The van der Waals surface area contributed by atoms with Gasteiger partial charge in [0.05, 0.1) is 18.4 Å². The predicted octanol–water partition coefficient (Wildman–Crippen LogP) is 2.99. The van der Waals surface area contributed by atoms with Crippen LogP contribution in [-0.4, -0.2) is 144 Å². The van der Waals surface area contributed by atoms with E-state index in [-0.39, 0.29) is 60.3 Å². The third kappa shape index (κ3) is 6.43. The summed E-state index contributed by atoms with van der Waals surface area (Å²) in [4.78, 5) is 50.1. The Bertz CT molecular complexity index is 1210. The van der Waals surface area contributed by atoms with Gasteiger partial charge in [-0.05, 0) is 76.3 Å². The number of piperidine rings is 2. The van der Waals surface area contributed by atoms with Crippen LogP contribution in [0.25, 0.3) is 0 Å². The largest absolute Gasteiger partial charge is 0.336 e. The highest BCUT2D eigenvalue weighted by atomic mass is 19.1. The summed E-state index contributed by atoms with van der Waals surface area (Å²) in [6.45, 7) is 12.9. The fourth-order valence-electron chi connectivity index (χ4n) is 10.2. The third-order valence-corrected chi connectivity index (χ3v) is 12.4. The van der Waals surface area contributed by atoms with Crippen LogP contribution in [0.15, 0.2) is 12.7 Å². The zero-order valence-corrected chi connectivity index (χ0v) is 29.5. The lowest BCUT2D eigenvalue weighted by Gasteiger charge is -2.60. The molecule has 5 saturated heterocycles. The Balaban J connectivity index is 1.41. The van der Waals surface area contributed by atoms with E-state index in [1.54, 1.807) is 23.9 Å². The molecule has 3 N–H and O–H groups in total. The van der Waals surface area contributed by atoms with Crippen LogP contribution in [0, 0.1) is 23.7 Å². The molecule has 48 heavy (non-hydrogen) atoms. The van der Waals surface area contributed by atoms with Gasteiger partial charge in [-0.2, -0.15) is 0 Å². The second-order valence-electron chi connectivity index (χ2n) is 15.8. The highest BCUT2D eigenvalue weighted by Gasteiger charge is 2.58. The van der Waals surface area contributed by atoms with Crippen molar-refractivity contribution in [1.29, 1.82) is 0 Å². The van der Waals surface area contributed by atoms with Crippen LogP contribution in [0.1, 0.15) is 65.7 Å². The molecule has 6 rings (SSSR count). The lowest BCUT2D eigenvalue weighted by Crippen LogP contribution is -2.80. The molecule has 0 aromatic rings. The number of carbonyl (C=O) groups is 3. The van der Waals surface area contributed by atoms with Crippen molar-refractivity contribution >= 4 is 18.0 Å². The van der Waals surface area contributed by atoms with Gasteiger partial charge in [0.25, 0.3) is 0 Å². The Hall–Kier alpha value is -2.51. The minimum absolute atomic E-state index is 0.0289. The zero-order chi connectivity index (χ0) is 34.4. The molecule has 11 nitrogen and oxygen atoms in total. The molecule has 1 aliphatic carbocycles. The van der Waals surface area contributed by atoms with Crippen molar-refractivity contribution in [1.82, 2.24) is 40.4 Å². The number of piperazine rings is 1. The Kier molecular flexibility index (Phi) is 10.6. The van der Waals surface area contributed by atoms with Crippen molar-refractivity contribution in [3.05, 3.63) is 12.7 Å². The summed E-state index contributed by atoms with van der Waals surface area (Å²) in [6.07, 6.45) is 1.99. The summed E-state index contributed by atoms with van der Waals surface area (Å²) in [5.41, 5.74) is 0. The fourth-order valence-corrected chi connectivity index (χ4v) is 10.2. The molecular weight excluding hydrogens is 618 g/mol. The van der Waals surface area contributed by atoms with Gasteiger partial charge in [-0.3, -0.25) is 15.0 Å². The van der Waals surface area contributed by atoms with Crippen molar-refractivity contribution in [3.63, 3.8) is 0 Å². The van der Waals surface area contributed by atoms with Crippen LogP contribution < -0.4 is 16.0 Å². The number of hydrogen-bond donors (Lipinski definition) is 3. The quantitative estimate of drug-likeness (QED) is 0.398. The molecular formula is C35H58F2N8O3. The van der Waals surface area contributed by atoms with Crippen molar-refractivity contribution in [2.75, 3.05) is 46.8 Å². The summed E-state index contributed by atoms with van der Waals surface area (Å²) in [5.74, 6) is -0.730. The summed E-state index contributed by atoms with van der Waals surface area (Å²) in [5, 5.41) is 10.7. The minimum Gasteiger partial charge on any atom is -0.336 e. The number of carbonyl (C=O) groups excluding carboxylic acids is 3. The van der Waals surface area contributed by atoms with Gasteiger partial charge < -0.3 is 30.2 Å². The molecule has 0 spiro atoms. The van der Waals surface area contributed by atoms with E-state index in [0.717, 1.165) is 25.8 Å². The Morgan fingerprint density at radius 1 is 1.02 bits per heavy atom. The average Bonchev–Trinajstić information content (AvgIpc) is 3.05. The van der Waals surface area contributed by atoms with Crippen LogP contribution >= 0.6 is 0 Å². The van der Waals surface area contributed by atoms with Gasteiger partial charge in [0.1, 0.15) is 12.3 Å². The number of urea groups is 2. The van der Waals surface area contributed by atoms with Gasteiger partial charge in [0.2, 0.25) is 5.91 Å². The van der Waals surface area contributed by atoms with Crippen molar-refractivity contribution in [3.8, 4) is 0 Å². The first-order valence-corrected chi connectivity index (χ1v) is 18.4. The molecule has 13 heteroatoms. The molecule has 0 radical (unpaired) electrons. The average molecular weight is 677 g/mol. The van der Waals surface area contributed by atoms with E-state index in [4.69, 9.17) is 0 Å². The first-order chi connectivity index (χ1) is 22.9. The number of nitrogens with one attached hydrogen (secondary N) is 3. The molecule has 0 aromatic carbocycles. The topological polar surface area (TPSA) is 103 Å². The van der Waals surface area contributed by atoms with Crippen LogP contribution in [0.4, 0.5) is 18.4 Å². The standard InChI is InChI=1S/C35H58F2N8O3/c1-7-27(46)42-16-17-43(21(4)19-42)32-23-18-25(37)30-28-24(36)11-8-12-26(28)44(35(48)41(5)6)15-9-10-22-13-14-38-29(20(2)3)31(22)45(33(23)39-30)34(47)40-32/h7,20-26,28-33,38-39H,1,8-19H2,2-6H3,(H,40,47). The Labute approximate surface area is 285 Å². The third-order valence-electron chi connectivity index (χ3n) is 12.4. The molecule has 5 heterocycles. The molecule has 5 amide bonds. The van der Waals surface area contributed by atoms with E-state index < -0.39 is 42.7 Å². The first-order valence-electron chi connectivity index (χ1n) is 18.4. The lowest BCUT2D eigenvalue weighted by atomic mass is 9.71. The lowest BCUT2D eigenvalue weighted by molar-refractivity contribution is -0.132. The molecule has 6 fully saturated rings. The van der Waals surface area contributed by atoms with Gasteiger partial charge in [0.15, 0.2) is 0 Å². The van der Waals surface area contributed by atoms with E-state index in [1.165, 1.54) is 6.08 Å². The van der Waals surface area contributed by atoms with Crippen LogP contribution in [-0.2, 0) is 4.79 Å². The monoisotopic (exact) mass is 676 g/mol. The van der Waals surface area contributed by atoms with Crippen LogP contribution in [0.5, 0.6) is 0 Å². The Morgan fingerprint density at radius 3 is 2.48 bits per heavy atom. The normalized spacial score (nSPS) is 40.9. The minimum atomic E-state index is -1.37. The number of nitrogens with zero attached hydrogens (tertiary/aromatic N) is 5. The molecule has 5 aliphatic heterocycles. The maximum Gasteiger partial charge on any atom is 0.320 e. The molecule has 0 aromatic heterocycles. The molecule has 270 valence electrons. The summed E-state index contributed by atoms with van der Waals surface area (Å²) in [6, 6.07) is -1.80. The van der Waals surface area contributed by atoms with E-state index >= 15 is 8.78 Å². The number of alkyl halides is 2. The second kappa shape index (κ2) is 14.4. The van der Waals surface area contributed by atoms with E-state index in [9.17, 15) is 14.4 Å². The number of hydrogen-bond acceptors (Lipinski definition) is 6. The highest BCUT2D eigenvalue weighted by molar-refractivity contribution is 5.87. The van der Waals surface area contributed by atoms with E-state index in [1.807, 2.05) is 16.7 Å². The number of halogens is 2. The SMILES string of the molecule is C=CC(=O)N1CCN(C2NC(=O)N3C4NC(C(F)CC24)C2C(F)CCCC2N(C(=O)N(C)C)CCCC2CCNC(C(C)C)C23)C(C)C1. The Morgan fingerprint density at radius 2 is 1.79 bits per heavy atom. The number of amides is 5. The van der Waals surface area contributed by atoms with Crippen molar-refractivity contribution in [2.45, 2.75) is 121 Å². The maximum atomic E-state index is 16.9. The summed E-state index contributed by atoms with van der Waals surface area (Å²) >= 11 is 0. The van der Waals surface area contributed by atoms with Crippen molar-refractivity contribution in [2.24, 2.45) is 23.7 Å². The number of fused-ring (bicyclic) bond motifs is 5. The molecule has 1 saturated carbocycles. The van der Waals surface area contributed by atoms with Gasteiger partial charge in [-0.1, -0.05) is 20.4 Å². The highest BCUT2D eigenvalue weighted by Crippen LogP contribution is 2.44. The van der Waals surface area contributed by atoms with Crippen molar-refractivity contribution < 1.29 is 23.2 Å². The fraction of sp³-hybridized carbons (Fsp3) is 0.857. The zero-order valence-electron chi connectivity index (χ0n) is 29.5. The van der Waals surface area contributed by atoms with E-state index in [2.05, 4.69) is 41.3 Å². The molecule has 2 bridgehead atoms. The maximum absolute atomic E-state index is 16.9. The summed E-state index contributed by atoms with van der Waals surface area (Å²) in [7, 11) is 3.46.